The molecule has 7 fully saturated rings. The standard InChI is InChI=1S/C79H93ClFN19O6/c1-46-47(14-15-60(81)68(46)63-31-50(18-24-82-63)52-39-88-77(89-40-52)97-28-30-99-55(44-97)42-85-72-65(99)34-62(92-94-72)58-11-7-12-59(80)69(58)103)9-8-23-83-74(105)66-32-56(101)45-100(66)75(106)70(78(2,3)4)90-73(104)49-16-21-79(22-17-49)35-53(36-79)95-25-19-48(20-26-95)51-37-86-76(87-38-51)96-27-29-98-54(43-96)41-84-71-64(98)33-61(91-93-71)57-10-5-6-13-67(57)102/h5-7,10-15,33-34,37-40,48-50,53-56,63,66,70,82,101-103H,16-32,35-36,41-45H2,1-4H3,(H,83,105)(H,84,93)(H,85,94)(H,90,104)/t49?,50?,53?,54-,55-,56+,63?,66-,70+,79?/m0/s1. The lowest BCUT2D eigenvalue weighted by Crippen LogP contribution is -2.59. The lowest BCUT2D eigenvalue weighted by molar-refractivity contribution is -0.145. The van der Waals surface area contributed by atoms with Gasteiger partial charge in [-0.1, -0.05) is 62.4 Å². The van der Waals surface area contributed by atoms with Crippen molar-refractivity contribution in [2.45, 2.75) is 153 Å². The minimum absolute atomic E-state index is 0.0323. The van der Waals surface area contributed by atoms with E-state index in [1.54, 1.807) is 36.4 Å². The van der Waals surface area contributed by atoms with Gasteiger partial charge in [-0.3, -0.25) is 14.4 Å². The fourth-order valence-electron chi connectivity index (χ4n) is 18.2. The van der Waals surface area contributed by atoms with E-state index in [2.05, 4.69) is 83.3 Å². The molecule has 8 N–H and O–H groups in total. The number of aliphatic hydroxyl groups excluding tert-OH is 1. The number of para-hydroxylation sites is 2. The number of β-amino-alcohol motifs (C(OH)–C–C–N with tert-alkyl or cyclic N) is 1. The molecule has 2 unspecified atom stereocenters. The number of aromatic nitrogens is 8. The van der Waals surface area contributed by atoms with Gasteiger partial charge in [0.05, 0.1) is 52.5 Å². The van der Waals surface area contributed by atoms with E-state index in [-0.39, 0.29) is 83.1 Å². The summed E-state index contributed by atoms with van der Waals surface area (Å²) in [7, 11) is 0. The van der Waals surface area contributed by atoms with Gasteiger partial charge in [0, 0.05) is 130 Å². The number of carbonyl (C=O) groups excluding carboxylic acids is 3. The van der Waals surface area contributed by atoms with Crippen molar-refractivity contribution in [2.75, 3.05) is 115 Å². The molecule has 9 aliphatic rings. The van der Waals surface area contributed by atoms with Crippen LogP contribution in [0.25, 0.3) is 22.5 Å². The molecule has 0 bridgehead atoms. The average Bonchev–Trinajstić information content (AvgIpc) is 0.899. The summed E-state index contributed by atoms with van der Waals surface area (Å²) in [6.07, 6.45) is 16.3. The van der Waals surface area contributed by atoms with Crippen molar-refractivity contribution in [3.8, 4) is 45.9 Å². The largest absolute Gasteiger partial charge is 0.507 e. The Balaban J connectivity index is 0.472. The lowest BCUT2D eigenvalue weighted by atomic mass is 9.56. The first kappa shape index (κ1) is 70.7. The highest BCUT2D eigenvalue weighted by Gasteiger charge is 2.51. The molecule has 25 nitrogen and oxygen atoms in total. The third-order valence-electron chi connectivity index (χ3n) is 24.3. The predicted octanol–water partition coefficient (Wildman–Crippen LogP) is 8.32. The Hall–Kier alpha value is -9.55. The van der Waals surface area contributed by atoms with Crippen molar-refractivity contribution in [3.05, 3.63) is 130 Å². The van der Waals surface area contributed by atoms with Crippen LogP contribution in [0.5, 0.6) is 11.5 Å². The van der Waals surface area contributed by atoms with Crippen LogP contribution in [0.4, 0.5) is 39.3 Å². The van der Waals surface area contributed by atoms with Crippen molar-refractivity contribution in [1.82, 2.24) is 66.1 Å². The first-order chi connectivity index (χ1) is 51.3. The molecule has 5 saturated heterocycles. The Morgan fingerprint density at radius 1 is 0.708 bits per heavy atom. The minimum atomic E-state index is -0.960. The van der Waals surface area contributed by atoms with Gasteiger partial charge in [0.25, 0.3) is 0 Å². The number of amides is 3. The van der Waals surface area contributed by atoms with E-state index in [1.165, 1.54) is 16.5 Å². The smallest absolute Gasteiger partial charge is 0.246 e. The number of benzene rings is 3. The molecule has 2 saturated carbocycles. The second-order valence-electron chi connectivity index (χ2n) is 31.8. The number of carbonyl (C=O) groups is 3. The van der Waals surface area contributed by atoms with Crippen LogP contribution >= 0.6 is 11.6 Å². The third kappa shape index (κ3) is 14.1. The molecule has 16 rings (SSSR count). The topological polar surface area (TPSA) is 295 Å². The summed E-state index contributed by atoms with van der Waals surface area (Å²) >= 11 is 6.23. The Labute approximate surface area is 621 Å². The molecule has 3 amide bonds. The Morgan fingerprint density at radius 3 is 1.95 bits per heavy atom. The molecule has 2 aliphatic carbocycles. The van der Waals surface area contributed by atoms with Gasteiger partial charge in [-0.15, -0.1) is 20.4 Å². The second-order valence-corrected chi connectivity index (χ2v) is 32.2. The maximum atomic E-state index is 16.0. The van der Waals surface area contributed by atoms with E-state index in [1.807, 2.05) is 76.7 Å². The van der Waals surface area contributed by atoms with Gasteiger partial charge in [-0.05, 0) is 179 Å². The Bertz CT molecular complexity index is 4520. The highest BCUT2D eigenvalue weighted by molar-refractivity contribution is 6.32. The van der Waals surface area contributed by atoms with E-state index < -0.39 is 35.4 Å². The van der Waals surface area contributed by atoms with Crippen LogP contribution in [0, 0.1) is 41.3 Å². The molecule has 11 heterocycles. The van der Waals surface area contributed by atoms with E-state index in [0.717, 1.165) is 126 Å². The number of anilines is 6. The minimum Gasteiger partial charge on any atom is -0.507 e. The molecule has 7 aromatic rings. The van der Waals surface area contributed by atoms with Gasteiger partial charge in [0.2, 0.25) is 29.6 Å². The van der Waals surface area contributed by atoms with Gasteiger partial charge in [0.15, 0.2) is 11.6 Å². The molecule has 27 heteroatoms. The van der Waals surface area contributed by atoms with Gasteiger partial charge in [-0.2, -0.15) is 0 Å². The van der Waals surface area contributed by atoms with Crippen LogP contribution in [0.3, 0.4) is 0 Å². The first-order valence-electron chi connectivity index (χ1n) is 37.8. The first-order valence-corrected chi connectivity index (χ1v) is 38.1. The number of nitrogens with zero attached hydrogens (tertiary/aromatic N) is 14. The quantitative estimate of drug-likeness (QED) is 0.0503. The molecule has 554 valence electrons. The summed E-state index contributed by atoms with van der Waals surface area (Å²) in [4.78, 5) is 75.8. The number of likely N-dealkylation sites (tertiary alicyclic amines) is 2. The van der Waals surface area contributed by atoms with Crippen molar-refractivity contribution in [3.63, 3.8) is 0 Å². The molecule has 4 aromatic heterocycles. The van der Waals surface area contributed by atoms with Crippen molar-refractivity contribution in [1.29, 1.82) is 0 Å². The zero-order valence-electron chi connectivity index (χ0n) is 60.5. The fourth-order valence-corrected chi connectivity index (χ4v) is 18.4. The number of phenols is 2. The summed E-state index contributed by atoms with van der Waals surface area (Å²) in [5, 5.41) is 66.6. The maximum Gasteiger partial charge on any atom is 0.246 e. The Kier molecular flexibility index (Phi) is 19.6. The number of nitrogens with one attached hydrogen (secondary N) is 5. The monoisotopic (exact) mass is 1460 g/mol. The van der Waals surface area contributed by atoms with Crippen molar-refractivity contribution >= 4 is 64.2 Å². The fraction of sp³-hybridized carbons (Fsp3) is 0.506. The van der Waals surface area contributed by atoms with Crippen LogP contribution in [0.2, 0.25) is 5.02 Å². The summed E-state index contributed by atoms with van der Waals surface area (Å²) in [5.41, 5.74) is 7.86. The molecule has 0 radical (unpaired) electrons. The number of piperazine rings is 2. The van der Waals surface area contributed by atoms with Crippen molar-refractivity contribution in [2.24, 2.45) is 16.7 Å². The molecule has 7 atom stereocenters. The third-order valence-corrected chi connectivity index (χ3v) is 24.6. The zero-order valence-corrected chi connectivity index (χ0v) is 61.2. The van der Waals surface area contributed by atoms with Gasteiger partial charge in [-0.25, -0.2) is 24.3 Å². The summed E-state index contributed by atoms with van der Waals surface area (Å²) < 4.78 is 16.0. The van der Waals surface area contributed by atoms with E-state index in [0.29, 0.717) is 102 Å². The van der Waals surface area contributed by atoms with Gasteiger partial charge < -0.3 is 71.3 Å². The lowest BCUT2D eigenvalue weighted by Gasteiger charge is -2.55. The number of piperidine rings is 2. The molecule has 106 heavy (non-hydrogen) atoms. The number of halogens is 2. The highest BCUT2D eigenvalue weighted by atomic mass is 35.5. The van der Waals surface area contributed by atoms with Crippen LogP contribution < -0.4 is 46.2 Å². The van der Waals surface area contributed by atoms with Crippen LogP contribution in [0.1, 0.15) is 137 Å². The average molecular weight is 1460 g/mol. The van der Waals surface area contributed by atoms with Gasteiger partial charge in [0.1, 0.15) is 29.4 Å². The van der Waals surface area contributed by atoms with Crippen LogP contribution in [0.15, 0.2) is 91.5 Å². The molecule has 7 aliphatic heterocycles. The normalized spacial score (nSPS) is 25.5. The number of aliphatic hydroxyl groups is 1. The van der Waals surface area contributed by atoms with E-state index in [4.69, 9.17) is 31.5 Å². The number of rotatable bonds is 13. The number of fused-ring (bicyclic) bond motifs is 6. The van der Waals surface area contributed by atoms with Gasteiger partial charge >= 0.3 is 0 Å². The zero-order chi connectivity index (χ0) is 73.1. The summed E-state index contributed by atoms with van der Waals surface area (Å²) in [5.74, 6) is 8.18. The summed E-state index contributed by atoms with van der Waals surface area (Å²) in [6, 6.07) is 18.1. The number of aromatic hydroxyl groups is 2. The predicted molar refractivity (Wildman–Crippen MR) is 403 cm³/mol. The number of phenolic OH excluding ortho intramolecular Hbond substituents is 2. The van der Waals surface area contributed by atoms with Crippen LogP contribution in [-0.4, -0.2) is 205 Å². The molecule has 1 spiro atoms. The number of hydrogen-bond acceptors (Lipinski definition) is 22. The highest BCUT2D eigenvalue weighted by Crippen LogP contribution is 2.55. The molecular formula is C79H93ClFN19O6. The van der Waals surface area contributed by atoms with E-state index in [9.17, 15) is 29.7 Å². The number of hydrogen-bond donors (Lipinski definition) is 8. The second kappa shape index (κ2) is 29.3. The molecular weight excluding hydrogens is 1370 g/mol. The molecule has 3 aromatic carbocycles. The SMILES string of the molecule is Cc1c(C#CCNC(=O)[C@@H]2C[C@@H](O)CN2C(=O)[C@@H](NC(=O)C2CCC3(CC2)CC(N2CCC(c4cnc(N5CCN6c7cc(-c8ccccc8O)nnc7NC[C@H]6C5)nc4)CC2)C3)C(C)(C)C)ccc(F)c1C1CC(c2cnc(N3CCN4c5cc(-c6cccc(Cl)c6O)nnc5NC[C@H]4C3)nc2)CCN1. The maximum absolute atomic E-state index is 16.0. The Morgan fingerprint density at radius 2 is 1.32 bits per heavy atom. The van der Waals surface area contributed by atoms with Crippen molar-refractivity contribution < 1.29 is 34.1 Å². The summed E-state index contributed by atoms with van der Waals surface area (Å²) in [6.45, 7) is 16.1. The van der Waals surface area contributed by atoms with E-state index >= 15 is 4.39 Å². The van der Waals surface area contributed by atoms with Crippen LogP contribution in [-0.2, 0) is 14.4 Å².